The molecule has 0 atom stereocenters. The van der Waals surface area contributed by atoms with Crippen molar-refractivity contribution in [2.24, 2.45) is 0 Å². The van der Waals surface area contributed by atoms with Crippen molar-refractivity contribution in [3.8, 4) is 0 Å². The molecule has 0 saturated heterocycles. The quantitative estimate of drug-likeness (QED) is 0.534. The third kappa shape index (κ3) is 1.01. The summed E-state index contributed by atoms with van der Waals surface area (Å²) in [4.78, 5) is 0. The monoisotopic (exact) mass is 148 g/mol. The second-order valence-electron chi connectivity index (χ2n) is 1.47. The second-order valence-corrected chi connectivity index (χ2v) is 2.57. The van der Waals surface area contributed by atoms with Crippen molar-refractivity contribution >= 4 is 22.9 Å². The fourth-order valence-electron chi connectivity index (χ4n) is 0.504. The zero-order valence-electron chi connectivity index (χ0n) is 4.60. The smallest absolute Gasteiger partial charge is 0.179 e. The van der Waals surface area contributed by atoms with Gasteiger partial charge in [0.15, 0.2) is 0 Å². The van der Waals surface area contributed by atoms with E-state index in [9.17, 15) is 0 Å². The highest BCUT2D eigenvalue weighted by atomic mass is 35.5. The number of rotatable bonds is 1. The fourth-order valence-corrected chi connectivity index (χ4v) is 1.60. The summed E-state index contributed by atoms with van der Waals surface area (Å²) < 4.78 is 1.99. The zero-order valence-corrected chi connectivity index (χ0v) is 6.17. The Hall–Kier alpha value is -0.0800. The zero-order chi connectivity index (χ0) is 5.98. The van der Waals surface area contributed by atoms with Gasteiger partial charge in [0.1, 0.15) is 6.54 Å². The normalized spacial score (nSPS) is 9.75. The lowest BCUT2D eigenvalue weighted by atomic mass is 10.7. The van der Waals surface area contributed by atoms with Crippen LogP contribution in [0.1, 0.15) is 6.92 Å². The van der Waals surface area contributed by atoms with Crippen molar-refractivity contribution in [1.29, 1.82) is 0 Å². The van der Waals surface area contributed by atoms with Gasteiger partial charge in [-0.15, -0.1) is 0 Å². The standard InChI is InChI=1S/C5H7ClNS/c1-2-7-4-8-3-5(7)6/h3-4H,2H2,1H3/q+1. The van der Waals surface area contributed by atoms with Crippen LogP contribution in [0.4, 0.5) is 0 Å². The maximum absolute atomic E-state index is 5.71. The Labute approximate surface area is 57.5 Å². The molecule has 3 heteroatoms. The van der Waals surface area contributed by atoms with Gasteiger partial charge in [0.2, 0.25) is 5.51 Å². The first kappa shape index (κ1) is 6.05. The molecule has 0 aliphatic carbocycles. The minimum atomic E-state index is 0.831. The molecule has 0 bridgehead atoms. The van der Waals surface area contributed by atoms with Crippen molar-refractivity contribution in [1.82, 2.24) is 0 Å². The molecule has 0 N–H and O–H groups in total. The van der Waals surface area contributed by atoms with Gasteiger partial charge in [0, 0.05) is 0 Å². The van der Waals surface area contributed by atoms with E-state index in [1.807, 2.05) is 15.5 Å². The molecule has 0 aromatic carbocycles. The lowest BCUT2D eigenvalue weighted by molar-refractivity contribution is -0.686. The maximum atomic E-state index is 5.71. The molecule has 0 fully saturated rings. The first-order valence-corrected chi connectivity index (χ1v) is 3.77. The summed E-state index contributed by atoms with van der Waals surface area (Å²) in [7, 11) is 0. The molecule has 8 heavy (non-hydrogen) atoms. The average Bonchev–Trinajstić information content (AvgIpc) is 2.14. The van der Waals surface area contributed by atoms with Gasteiger partial charge in [-0.2, -0.15) is 4.57 Å². The van der Waals surface area contributed by atoms with Crippen LogP contribution < -0.4 is 4.57 Å². The van der Waals surface area contributed by atoms with E-state index < -0.39 is 0 Å². The van der Waals surface area contributed by atoms with Gasteiger partial charge in [-0.05, 0) is 18.5 Å². The molecule has 0 aliphatic heterocycles. The summed E-state index contributed by atoms with van der Waals surface area (Å²) >= 11 is 7.34. The molecule has 1 heterocycles. The summed E-state index contributed by atoms with van der Waals surface area (Å²) in [6.07, 6.45) is 0. The van der Waals surface area contributed by atoms with E-state index in [1.165, 1.54) is 0 Å². The number of nitrogens with zero attached hydrogens (tertiary/aromatic N) is 1. The van der Waals surface area contributed by atoms with Crippen LogP contribution in [0.25, 0.3) is 0 Å². The fraction of sp³-hybridized carbons (Fsp3) is 0.400. The lowest BCUT2D eigenvalue weighted by Gasteiger charge is -1.80. The molecule has 1 nitrogen and oxygen atoms in total. The topological polar surface area (TPSA) is 3.88 Å². The predicted molar refractivity (Wildman–Crippen MR) is 35.2 cm³/mol. The number of aryl methyl sites for hydroxylation is 1. The van der Waals surface area contributed by atoms with Crippen LogP contribution in [-0.2, 0) is 6.54 Å². The molecule has 0 unspecified atom stereocenters. The van der Waals surface area contributed by atoms with Crippen LogP contribution in [0, 0.1) is 0 Å². The predicted octanol–water partition coefficient (Wildman–Crippen LogP) is 1.71. The highest BCUT2D eigenvalue weighted by molar-refractivity contribution is 7.07. The van der Waals surface area contributed by atoms with Crippen molar-refractivity contribution < 1.29 is 4.57 Å². The van der Waals surface area contributed by atoms with Crippen LogP contribution in [0.2, 0.25) is 5.15 Å². The van der Waals surface area contributed by atoms with E-state index in [1.54, 1.807) is 11.3 Å². The Kier molecular flexibility index (Phi) is 1.86. The van der Waals surface area contributed by atoms with Gasteiger partial charge < -0.3 is 0 Å². The number of hydrogen-bond donors (Lipinski definition) is 0. The van der Waals surface area contributed by atoms with Crippen molar-refractivity contribution in [2.75, 3.05) is 0 Å². The first-order chi connectivity index (χ1) is 3.84. The van der Waals surface area contributed by atoms with E-state index in [2.05, 4.69) is 6.92 Å². The third-order valence-corrected chi connectivity index (χ3v) is 2.16. The summed E-state index contributed by atoms with van der Waals surface area (Å²) in [6, 6.07) is 0. The minimum absolute atomic E-state index is 0.831. The van der Waals surface area contributed by atoms with Crippen LogP contribution in [0.5, 0.6) is 0 Å². The number of thiazole rings is 1. The van der Waals surface area contributed by atoms with E-state index in [4.69, 9.17) is 11.6 Å². The Bertz CT molecular complexity index is 173. The van der Waals surface area contributed by atoms with Crippen LogP contribution in [0.3, 0.4) is 0 Å². The largest absolute Gasteiger partial charge is 0.285 e. The maximum Gasteiger partial charge on any atom is 0.285 e. The van der Waals surface area contributed by atoms with Crippen molar-refractivity contribution in [2.45, 2.75) is 13.5 Å². The van der Waals surface area contributed by atoms with Crippen molar-refractivity contribution in [3.05, 3.63) is 16.0 Å². The summed E-state index contributed by atoms with van der Waals surface area (Å²) in [5, 5.41) is 2.75. The summed E-state index contributed by atoms with van der Waals surface area (Å²) in [5.41, 5.74) is 2.00. The van der Waals surface area contributed by atoms with E-state index in [0.717, 1.165) is 11.7 Å². The molecule has 1 aromatic heterocycles. The summed E-state index contributed by atoms with van der Waals surface area (Å²) in [6.45, 7) is 3.03. The number of aromatic nitrogens is 1. The highest BCUT2D eigenvalue weighted by Gasteiger charge is 2.03. The van der Waals surface area contributed by atoms with Gasteiger partial charge in [0.05, 0.1) is 5.38 Å². The molecular formula is C5H7ClNS+. The number of hydrogen-bond acceptors (Lipinski definition) is 1. The molecule has 0 saturated carbocycles. The molecule has 0 aliphatic rings. The van der Waals surface area contributed by atoms with Gasteiger partial charge in [0.25, 0.3) is 5.15 Å². The molecule has 1 aromatic rings. The van der Waals surface area contributed by atoms with Gasteiger partial charge >= 0.3 is 0 Å². The van der Waals surface area contributed by atoms with E-state index in [-0.39, 0.29) is 0 Å². The van der Waals surface area contributed by atoms with E-state index in [0.29, 0.717) is 0 Å². The highest BCUT2D eigenvalue weighted by Crippen LogP contribution is 2.04. The van der Waals surface area contributed by atoms with Crippen LogP contribution in [-0.4, -0.2) is 0 Å². The SMILES string of the molecule is CC[n+]1cscc1Cl. The Balaban J connectivity index is 2.92. The molecule has 1 rings (SSSR count). The van der Waals surface area contributed by atoms with Crippen LogP contribution >= 0.6 is 22.9 Å². The third-order valence-electron chi connectivity index (χ3n) is 0.968. The van der Waals surface area contributed by atoms with Crippen LogP contribution in [0.15, 0.2) is 10.9 Å². The van der Waals surface area contributed by atoms with Crippen molar-refractivity contribution in [3.63, 3.8) is 0 Å². The average molecular weight is 149 g/mol. The van der Waals surface area contributed by atoms with Gasteiger partial charge in [-0.25, -0.2) is 0 Å². The molecule has 44 valence electrons. The minimum Gasteiger partial charge on any atom is -0.179 e. The van der Waals surface area contributed by atoms with E-state index >= 15 is 0 Å². The number of halogens is 1. The molecule has 0 spiro atoms. The Morgan fingerprint density at radius 1 is 1.88 bits per heavy atom. The molecule has 0 amide bonds. The molecule has 0 radical (unpaired) electrons. The Morgan fingerprint density at radius 3 is 2.88 bits per heavy atom. The van der Waals surface area contributed by atoms with Gasteiger partial charge in [-0.1, -0.05) is 11.3 Å². The molecular weight excluding hydrogens is 142 g/mol. The first-order valence-electron chi connectivity index (χ1n) is 2.45. The lowest BCUT2D eigenvalue weighted by Crippen LogP contribution is -2.29. The van der Waals surface area contributed by atoms with Gasteiger partial charge in [-0.3, -0.25) is 0 Å². The second kappa shape index (κ2) is 2.46. The summed E-state index contributed by atoms with van der Waals surface area (Å²) in [5.74, 6) is 0. The Morgan fingerprint density at radius 2 is 2.62 bits per heavy atom.